The van der Waals surface area contributed by atoms with Crippen LogP contribution in [0.5, 0.6) is 0 Å². The van der Waals surface area contributed by atoms with Gasteiger partial charge in [-0.15, -0.1) is 0 Å². The number of ether oxygens (including phenoxy) is 6. The second-order valence-electron chi connectivity index (χ2n) is 21.8. The van der Waals surface area contributed by atoms with Gasteiger partial charge in [-0.3, -0.25) is 4.79 Å². The van der Waals surface area contributed by atoms with Crippen LogP contribution in [0.15, 0.2) is 0 Å². The highest BCUT2D eigenvalue weighted by molar-refractivity contribution is 5.70. The smallest absolute Gasteiger partial charge is 0.308 e. The Bertz CT molecular complexity index is 1510. The third kappa shape index (κ3) is 9.37. The quantitative estimate of drug-likeness (QED) is 0.123. The number of rotatable bonds is 13. The van der Waals surface area contributed by atoms with Crippen molar-refractivity contribution >= 4 is 5.97 Å². The number of aliphatic hydroxyl groups is 6. The van der Waals surface area contributed by atoms with E-state index in [0.717, 1.165) is 12.8 Å². The summed E-state index contributed by atoms with van der Waals surface area (Å²) < 4.78 is 39.0. The molecule has 22 atom stereocenters. The summed E-state index contributed by atoms with van der Waals surface area (Å²) >= 11 is 0. The predicted octanol–water partition coefficient (Wildman–Crippen LogP) is 5.43. The van der Waals surface area contributed by atoms with Gasteiger partial charge in [0.15, 0.2) is 17.4 Å². The third-order valence-corrected chi connectivity index (χ3v) is 17.0. The van der Waals surface area contributed by atoms with Gasteiger partial charge in [-0.1, -0.05) is 48.5 Å². The number of aliphatic carboxylic acids is 1. The average molecular weight is 871 g/mol. The molecule has 6 saturated heterocycles. The van der Waals surface area contributed by atoms with Crippen LogP contribution in [0.3, 0.4) is 0 Å². The van der Waals surface area contributed by atoms with Gasteiger partial charge in [-0.25, -0.2) is 0 Å². The van der Waals surface area contributed by atoms with Gasteiger partial charge in [0.25, 0.3) is 0 Å². The van der Waals surface area contributed by atoms with Crippen molar-refractivity contribution in [2.24, 2.45) is 41.4 Å². The summed E-state index contributed by atoms with van der Waals surface area (Å²) in [5.41, 5.74) is -3.00. The first-order chi connectivity index (χ1) is 28.2. The van der Waals surface area contributed by atoms with E-state index >= 15 is 0 Å². The zero-order valence-electron chi connectivity index (χ0n) is 38.9. The minimum atomic E-state index is -2.03. The highest BCUT2D eigenvalue weighted by Crippen LogP contribution is 2.56. The fourth-order valence-corrected chi connectivity index (χ4v) is 12.3. The maximum atomic E-state index is 12.4. The molecule has 0 aromatic heterocycles. The first-order valence-corrected chi connectivity index (χ1v) is 23.7. The van der Waals surface area contributed by atoms with Crippen LogP contribution < -0.4 is 0 Å². The molecule has 6 aliphatic heterocycles. The molecular weight excluding hydrogens is 789 g/mol. The fourth-order valence-electron chi connectivity index (χ4n) is 12.3. The van der Waals surface area contributed by atoms with E-state index in [9.17, 15) is 40.5 Å². The van der Waals surface area contributed by atoms with Crippen molar-refractivity contribution in [2.45, 2.75) is 249 Å². The molecule has 0 amide bonds. The lowest BCUT2D eigenvalue weighted by Crippen LogP contribution is -2.63. The standard InChI is InChI=1S/C47H82O14/c1-12-37-42(9,52)19-18-38(57-37)43(10)23-29(6)47(55,61-43)44(11)20-17-35(58-44)40(49)46(54)28(5)21-26(3)36(60-46)24-45(53)27(4)14-16-34(59-45)30(7)33(48)22-32-15-13-25(2)39(56-32)31(8)41(50)51/h25-40,48-49,52-55H,12-24H2,1-11H3,(H,50,51)/t25-,26-,27-,28+,29+,30-,31+,32+,33+,34+,35-,36+,37-,38+,39-,40+,42+,43-,44-,45+,46+,47+/m0/s1. The topological polar surface area (TPSA) is 214 Å². The van der Waals surface area contributed by atoms with Crippen LogP contribution in [0.2, 0.25) is 0 Å². The Hall–Kier alpha value is -1.01. The van der Waals surface area contributed by atoms with Gasteiger partial charge in [-0.05, 0) is 117 Å². The van der Waals surface area contributed by atoms with Gasteiger partial charge in [0.2, 0.25) is 0 Å². The number of carbonyl (C=O) groups is 1. The molecule has 0 aromatic carbocycles. The van der Waals surface area contributed by atoms with Crippen LogP contribution in [0.25, 0.3) is 0 Å². The second kappa shape index (κ2) is 18.0. The highest BCUT2D eigenvalue weighted by Gasteiger charge is 2.67. The van der Waals surface area contributed by atoms with E-state index in [1.165, 1.54) is 0 Å². The first-order valence-electron chi connectivity index (χ1n) is 23.7. The summed E-state index contributed by atoms with van der Waals surface area (Å²) in [5.74, 6) is -8.40. The summed E-state index contributed by atoms with van der Waals surface area (Å²) in [6.07, 6.45) is 0.932. The Morgan fingerprint density at radius 3 is 2.11 bits per heavy atom. The highest BCUT2D eigenvalue weighted by atomic mass is 16.7. The van der Waals surface area contributed by atoms with Crippen molar-refractivity contribution in [3.8, 4) is 0 Å². The Labute approximate surface area is 364 Å². The van der Waals surface area contributed by atoms with Gasteiger partial charge >= 0.3 is 5.97 Å². The molecule has 6 rings (SSSR count). The van der Waals surface area contributed by atoms with Crippen LogP contribution in [0.1, 0.15) is 160 Å². The average Bonchev–Trinajstić information content (AvgIpc) is 3.72. The molecule has 0 spiro atoms. The molecule has 6 fully saturated rings. The van der Waals surface area contributed by atoms with Gasteiger partial charge in [0, 0.05) is 30.1 Å². The molecule has 0 aliphatic carbocycles. The Morgan fingerprint density at radius 2 is 1.46 bits per heavy atom. The molecule has 61 heavy (non-hydrogen) atoms. The number of carboxylic acids is 1. The molecule has 0 saturated carbocycles. The van der Waals surface area contributed by atoms with Crippen molar-refractivity contribution in [3.63, 3.8) is 0 Å². The van der Waals surface area contributed by atoms with E-state index in [1.807, 2.05) is 55.4 Å². The number of carboxylic acid groups (broad SMARTS) is 1. The van der Waals surface area contributed by atoms with E-state index in [2.05, 4.69) is 0 Å². The van der Waals surface area contributed by atoms with E-state index < -0.39 is 88.6 Å². The molecule has 0 radical (unpaired) electrons. The predicted molar refractivity (Wildman–Crippen MR) is 225 cm³/mol. The van der Waals surface area contributed by atoms with Crippen LogP contribution in [-0.2, 0) is 33.2 Å². The van der Waals surface area contributed by atoms with Crippen molar-refractivity contribution in [3.05, 3.63) is 0 Å². The van der Waals surface area contributed by atoms with Gasteiger partial charge < -0.3 is 64.2 Å². The largest absolute Gasteiger partial charge is 0.481 e. The van der Waals surface area contributed by atoms with Gasteiger partial charge in [0.1, 0.15) is 11.7 Å². The number of hydrogen-bond donors (Lipinski definition) is 7. The van der Waals surface area contributed by atoms with E-state index in [-0.39, 0.29) is 54.3 Å². The van der Waals surface area contributed by atoms with Crippen molar-refractivity contribution in [1.29, 1.82) is 0 Å². The van der Waals surface area contributed by atoms with E-state index in [1.54, 1.807) is 20.8 Å². The second-order valence-corrected chi connectivity index (χ2v) is 21.8. The fraction of sp³-hybridized carbons (Fsp3) is 0.979. The normalized spacial score (nSPS) is 51.8. The van der Waals surface area contributed by atoms with Gasteiger partial charge in [-0.2, -0.15) is 0 Å². The summed E-state index contributed by atoms with van der Waals surface area (Å²) in [5, 5.41) is 80.9. The Kier molecular flexibility index (Phi) is 14.6. The first kappa shape index (κ1) is 49.4. The van der Waals surface area contributed by atoms with E-state index in [0.29, 0.717) is 64.2 Å². The van der Waals surface area contributed by atoms with Crippen molar-refractivity contribution < 1.29 is 69.0 Å². The van der Waals surface area contributed by atoms with Gasteiger partial charge in [0.05, 0.1) is 66.0 Å². The summed E-state index contributed by atoms with van der Waals surface area (Å²) in [6, 6.07) is 0. The monoisotopic (exact) mass is 871 g/mol. The number of hydrogen-bond acceptors (Lipinski definition) is 13. The molecule has 0 unspecified atom stereocenters. The molecular formula is C47H82O14. The maximum Gasteiger partial charge on any atom is 0.308 e. The molecule has 0 aromatic rings. The lowest BCUT2D eigenvalue weighted by atomic mass is 9.76. The molecule has 354 valence electrons. The molecule has 6 aliphatic rings. The van der Waals surface area contributed by atoms with Crippen LogP contribution >= 0.6 is 0 Å². The molecule has 7 N–H and O–H groups in total. The SMILES string of the molecule is CC[C@@H]1O[C@@H]([C@]2(C)C[C@@H](C)[C@](O)([C@]3(C)CC[C@@H]([C@@H](O)[C@]4(O)O[C@H](C[C@@]5(O)O[C@@H]([C@@H](C)[C@H](O)C[C@H]6CC[C@H](C)[C@@H]([C@@H](C)C(=O)O)O6)CC[C@@H]5C)[C@@H](C)C[C@H]4C)O3)O2)CC[C@@]1(C)O. The summed E-state index contributed by atoms with van der Waals surface area (Å²) in [4.78, 5) is 11.7. The Balaban J connectivity index is 1.09. The van der Waals surface area contributed by atoms with Crippen molar-refractivity contribution in [1.82, 2.24) is 0 Å². The van der Waals surface area contributed by atoms with Crippen LogP contribution in [-0.4, -0.2) is 131 Å². The minimum Gasteiger partial charge on any atom is -0.481 e. The minimum absolute atomic E-state index is 0.0409. The summed E-state index contributed by atoms with van der Waals surface area (Å²) in [6.45, 7) is 20.8. The third-order valence-electron chi connectivity index (χ3n) is 17.0. The summed E-state index contributed by atoms with van der Waals surface area (Å²) in [7, 11) is 0. The Morgan fingerprint density at radius 1 is 0.770 bits per heavy atom. The molecule has 14 heteroatoms. The molecule has 14 nitrogen and oxygen atoms in total. The maximum absolute atomic E-state index is 12.4. The zero-order valence-corrected chi connectivity index (χ0v) is 38.9. The lowest BCUT2D eigenvalue weighted by Gasteiger charge is -2.52. The number of aliphatic hydroxyl groups excluding tert-OH is 2. The van der Waals surface area contributed by atoms with Crippen LogP contribution in [0, 0.1) is 41.4 Å². The van der Waals surface area contributed by atoms with Crippen molar-refractivity contribution in [2.75, 3.05) is 0 Å². The van der Waals surface area contributed by atoms with E-state index in [4.69, 9.17) is 28.4 Å². The molecule has 6 heterocycles. The zero-order chi connectivity index (χ0) is 45.2. The lowest BCUT2D eigenvalue weighted by molar-refractivity contribution is -0.373. The van der Waals surface area contributed by atoms with Crippen LogP contribution in [0.4, 0.5) is 0 Å². The molecule has 0 bridgehead atoms.